The lowest BCUT2D eigenvalue weighted by atomic mass is 9.49. The Morgan fingerprint density at radius 1 is 0.863 bits per heavy atom. The van der Waals surface area contributed by atoms with Crippen molar-refractivity contribution in [3.05, 3.63) is 136 Å². The number of benzene rings is 4. The summed E-state index contributed by atoms with van der Waals surface area (Å²) >= 11 is 6.92. The van der Waals surface area contributed by atoms with E-state index >= 15 is 4.79 Å². The number of aryl methyl sites for hydroxylation is 1. The van der Waals surface area contributed by atoms with E-state index in [2.05, 4.69) is 5.43 Å². The minimum absolute atomic E-state index is 0.0645. The molecule has 6 atom stereocenters. The lowest BCUT2D eigenvalue weighted by Gasteiger charge is -2.50. The molecule has 3 N–H and O–H groups in total. The van der Waals surface area contributed by atoms with Crippen LogP contribution in [0.3, 0.4) is 0 Å². The quantitative estimate of drug-likeness (QED) is 0.158. The first-order chi connectivity index (χ1) is 24.5. The zero-order chi connectivity index (χ0) is 35.8. The van der Waals surface area contributed by atoms with Crippen LogP contribution in [0.1, 0.15) is 45.8 Å². The number of anilines is 2. The number of imide groups is 2. The molecule has 3 fully saturated rings. The fourth-order valence-electron chi connectivity index (χ4n) is 8.87. The molecule has 2 aliphatic heterocycles. The number of halogens is 1. The van der Waals surface area contributed by atoms with Gasteiger partial charge in [0.15, 0.2) is 0 Å². The third-order valence-corrected chi connectivity index (χ3v) is 11.4. The van der Waals surface area contributed by atoms with Crippen LogP contribution in [0.15, 0.2) is 109 Å². The minimum atomic E-state index is -1.51. The number of amides is 4. The zero-order valence-corrected chi connectivity index (χ0v) is 28.1. The number of nitrogens with one attached hydrogen (secondary N) is 1. The fourth-order valence-corrected chi connectivity index (χ4v) is 9.16. The highest BCUT2D eigenvalue weighted by Crippen LogP contribution is 2.64. The second-order valence-corrected chi connectivity index (χ2v) is 14.1. The first-order valence-corrected chi connectivity index (χ1v) is 17.1. The molecule has 8 rings (SSSR count). The second kappa shape index (κ2) is 11.9. The van der Waals surface area contributed by atoms with Crippen LogP contribution < -0.4 is 10.3 Å². The van der Waals surface area contributed by atoms with Crippen molar-refractivity contribution in [2.45, 2.75) is 31.1 Å². The van der Waals surface area contributed by atoms with E-state index in [1.54, 1.807) is 18.2 Å². The van der Waals surface area contributed by atoms with Gasteiger partial charge in [-0.1, -0.05) is 83.4 Å². The number of fused-ring (bicyclic) bond motifs is 4. The standard InChI is InChI=1S/C40H32ClN3O7/c1-21-10-12-24(13-11-21)42-44-36(47)31-20-30-27(16-17-29-33(30)37(48)43(35(29)46)25-9-5-6-22(18-25)38(49)50)34(28-15-14-26(45)19-32(28)41)40(31,39(44)51)23-7-3-2-4-8-23/h2-16,18-19,29-31,33-34,42,45H,17,20H2,1H3,(H,49,50). The van der Waals surface area contributed by atoms with Gasteiger partial charge in [-0.15, -0.1) is 0 Å². The summed E-state index contributed by atoms with van der Waals surface area (Å²) in [5, 5.41) is 21.2. The van der Waals surface area contributed by atoms with Gasteiger partial charge in [-0.2, -0.15) is 5.01 Å². The SMILES string of the molecule is Cc1ccc(NN2C(=O)C3CC4C(=CCC5C(=O)N(c6cccc(C(=O)O)c6)C(=O)C54)C(c4ccc(O)cc4Cl)C3(c3ccccc3)C2=O)cc1. The van der Waals surface area contributed by atoms with Crippen molar-refractivity contribution >= 4 is 52.6 Å². The van der Waals surface area contributed by atoms with Crippen LogP contribution in [0.2, 0.25) is 5.02 Å². The number of hydrogen-bond acceptors (Lipinski definition) is 7. The van der Waals surface area contributed by atoms with Crippen LogP contribution in [-0.4, -0.2) is 44.8 Å². The number of hydrogen-bond donors (Lipinski definition) is 3. The smallest absolute Gasteiger partial charge is 0.335 e. The van der Waals surface area contributed by atoms with Crippen molar-refractivity contribution in [1.82, 2.24) is 5.01 Å². The highest BCUT2D eigenvalue weighted by Gasteiger charge is 2.70. The first kappa shape index (κ1) is 32.5. The Morgan fingerprint density at radius 3 is 2.31 bits per heavy atom. The summed E-state index contributed by atoms with van der Waals surface area (Å²) in [6.45, 7) is 1.93. The molecule has 1 saturated carbocycles. The molecule has 6 unspecified atom stereocenters. The van der Waals surface area contributed by atoms with Crippen LogP contribution in [0, 0.1) is 30.6 Å². The van der Waals surface area contributed by atoms with Gasteiger partial charge >= 0.3 is 5.97 Å². The number of hydrazine groups is 1. The summed E-state index contributed by atoms with van der Waals surface area (Å²) in [6.07, 6.45) is 2.19. The van der Waals surface area contributed by atoms with E-state index in [-0.39, 0.29) is 34.9 Å². The molecule has 0 aromatic heterocycles. The number of aromatic carboxylic acids is 1. The van der Waals surface area contributed by atoms with Crippen molar-refractivity contribution < 1.29 is 34.2 Å². The molecule has 10 nitrogen and oxygen atoms in total. The van der Waals surface area contributed by atoms with Gasteiger partial charge < -0.3 is 10.2 Å². The van der Waals surface area contributed by atoms with Crippen molar-refractivity contribution in [1.29, 1.82) is 0 Å². The highest BCUT2D eigenvalue weighted by molar-refractivity contribution is 6.31. The molecular weight excluding hydrogens is 670 g/mol. The Labute approximate surface area is 297 Å². The van der Waals surface area contributed by atoms with Gasteiger partial charge in [-0.3, -0.25) is 29.5 Å². The van der Waals surface area contributed by atoms with Gasteiger partial charge in [0, 0.05) is 10.9 Å². The molecule has 0 radical (unpaired) electrons. The Balaban J connectivity index is 1.31. The Kier molecular flexibility index (Phi) is 7.61. The maximum Gasteiger partial charge on any atom is 0.335 e. The van der Waals surface area contributed by atoms with Gasteiger partial charge in [0.25, 0.3) is 11.8 Å². The van der Waals surface area contributed by atoms with Gasteiger partial charge in [0.1, 0.15) is 5.75 Å². The van der Waals surface area contributed by atoms with Gasteiger partial charge in [0.2, 0.25) is 11.8 Å². The maximum atomic E-state index is 15.2. The van der Waals surface area contributed by atoms with E-state index in [9.17, 15) is 29.4 Å². The van der Waals surface area contributed by atoms with E-state index < -0.39 is 64.6 Å². The number of rotatable bonds is 6. The van der Waals surface area contributed by atoms with Crippen LogP contribution in [0.25, 0.3) is 0 Å². The number of carbonyl (C=O) groups is 5. The van der Waals surface area contributed by atoms with Crippen LogP contribution >= 0.6 is 11.6 Å². The number of carboxylic acid groups (broad SMARTS) is 1. The van der Waals surface area contributed by atoms with Crippen molar-refractivity contribution in [2.75, 3.05) is 10.3 Å². The van der Waals surface area contributed by atoms with E-state index in [1.165, 1.54) is 36.4 Å². The summed E-state index contributed by atoms with van der Waals surface area (Å²) in [4.78, 5) is 71.2. The van der Waals surface area contributed by atoms with Gasteiger partial charge in [-0.05, 0) is 79.3 Å². The predicted molar refractivity (Wildman–Crippen MR) is 188 cm³/mol. The third-order valence-electron chi connectivity index (χ3n) is 11.0. The largest absolute Gasteiger partial charge is 0.508 e. The normalized spacial score (nSPS) is 26.8. The molecule has 0 bridgehead atoms. The van der Waals surface area contributed by atoms with E-state index in [0.29, 0.717) is 22.4 Å². The number of carboxylic acids is 1. The Hall–Kier alpha value is -5.74. The Bertz CT molecular complexity index is 2190. The fraction of sp³-hybridized carbons (Fsp3) is 0.225. The predicted octanol–water partition coefficient (Wildman–Crippen LogP) is 6.24. The average Bonchev–Trinajstić information content (AvgIpc) is 3.50. The maximum absolute atomic E-state index is 15.2. The Morgan fingerprint density at radius 2 is 1.61 bits per heavy atom. The molecular formula is C40H32ClN3O7. The molecule has 4 amide bonds. The number of phenolic OH excluding ortho intramolecular Hbond substituents is 1. The molecule has 2 saturated heterocycles. The van der Waals surface area contributed by atoms with Crippen LogP contribution in [-0.2, 0) is 24.6 Å². The van der Waals surface area contributed by atoms with Crippen LogP contribution in [0.5, 0.6) is 5.75 Å². The first-order valence-electron chi connectivity index (χ1n) is 16.7. The van der Waals surface area contributed by atoms with Crippen molar-refractivity contribution in [3.63, 3.8) is 0 Å². The summed E-state index contributed by atoms with van der Waals surface area (Å²) in [5.41, 5.74) is 5.00. The van der Waals surface area contributed by atoms with Gasteiger partial charge in [0.05, 0.1) is 40.1 Å². The number of aromatic hydroxyl groups is 1. The third kappa shape index (κ3) is 4.80. The van der Waals surface area contributed by atoms with Crippen molar-refractivity contribution in [3.8, 4) is 5.75 Å². The van der Waals surface area contributed by atoms with Crippen LogP contribution in [0.4, 0.5) is 11.4 Å². The van der Waals surface area contributed by atoms with E-state index in [1.807, 2.05) is 55.5 Å². The molecule has 256 valence electrons. The summed E-state index contributed by atoms with van der Waals surface area (Å²) in [7, 11) is 0. The molecule has 4 aliphatic rings. The highest BCUT2D eigenvalue weighted by atomic mass is 35.5. The minimum Gasteiger partial charge on any atom is -0.508 e. The molecule has 4 aromatic rings. The lowest BCUT2D eigenvalue weighted by molar-refractivity contribution is -0.138. The number of carbonyl (C=O) groups excluding carboxylic acids is 4. The second-order valence-electron chi connectivity index (χ2n) is 13.7. The average molecular weight is 702 g/mol. The van der Waals surface area contributed by atoms with E-state index in [0.717, 1.165) is 15.5 Å². The monoisotopic (exact) mass is 701 g/mol. The molecule has 2 heterocycles. The van der Waals surface area contributed by atoms with Crippen molar-refractivity contribution in [2.24, 2.45) is 23.7 Å². The summed E-state index contributed by atoms with van der Waals surface area (Å²) < 4.78 is 0. The van der Waals surface area contributed by atoms with E-state index in [4.69, 9.17) is 11.6 Å². The summed E-state index contributed by atoms with van der Waals surface area (Å²) in [6, 6.07) is 26.6. The number of allylic oxidation sites excluding steroid dienone is 2. The molecule has 51 heavy (non-hydrogen) atoms. The number of nitrogens with zero attached hydrogens (tertiary/aromatic N) is 2. The lowest BCUT2D eigenvalue weighted by Crippen LogP contribution is -2.53. The molecule has 2 aliphatic carbocycles. The topological polar surface area (TPSA) is 144 Å². The van der Waals surface area contributed by atoms with Gasteiger partial charge in [-0.25, -0.2) is 4.79 Å². The molecule has 4 aromatic carbocycles. The zero-order valence-electron chi connectivity index (χ0n) is 27.3. The number of phenols is 1. The molecule has 11 heteroatoms. The molecule has 0 spiro atoms. The summed E-state index contributed by atoms with van der Waals surface area (Å²) in [5.74, 6) is -7.27.